The van der Waals surface area contributed by atoms with Crippen LogP contribution < -0.4 is 5.32 Å². The molecule has 2 aromatic carbocycles. The van der Waals surface area contributed by atoms with Crippen molar-refractivity contribution >= 4 is 24.2 Å². The van der Waals surface area contributed by atoms with Gasteiger partial charge in [0, 0.05) is 24.9 Å². The third-order valence-electron chi connectivity index (χ3n) is 6.85. The van der Waals surface area contributed by atoms with Crippen LogP contribution in [0, 0.1) is 23.2 Å². The number of alkyl halides is 4. The summed E-state index contributed by atoms with van der Waals surface area (Å²) in [5.74, 6) is -2.99. The highest BCUT2D eigenvalue weighted by Gasteiger charge is 2.63. The van der Waals surface area contributed by atoms with Crippen molar-refractivity contribution in [1.29, 1.82) is 0 Å². The first-order chi connectivity index (χ1) is 21.5. The third kappa shape index (κ3) is 15.9. The van der Waals surface area contributed by atoms with Crippen LogP contribution in [0.15, 0.2) is 60.7 Å². The van der Waals surface area contributed by atoms with Crippen molar-refractivity contribution in [2.24, 2.45) is 23.2 Å². The van der Waals surface area contributed by atoms with Gasteiger partial charge in [-0.05, 0) is 44.2 Å². The third-order valence-corrected chi connectivity index (χ3v) is 6.85. The normalized spacial score (nSPS) is 20.0. The van der Waals surface area contributed by atoms with Gasteiger partial charge in [0.1, 0.15) is 0 Å². The fraction of sp³-hybridized carbons (Fsp3) is 0.500. The molecule has 45 heavy (non-hydrogen) atoms. The fourth-order valence-corrected chi connectivity index (χ4v) is 4.28. The maximum atomic E-state index is 12.3. The van der Waals surface area contributed by atoms with Crippen LogP contribution in [0.25, 0.3) is 0 Å². The van der Waals surface area contributed by atoms with E-state index < -0.39 is 48.0 Å². The summed E-state index contributed by atoms with van der Waals surface area (Å²) in [4.78, 5) is 54.6. The van der Waals surface area contributed by atoms with Gasteiger partial charge in [0.25, 0.3) is 0 Å². The van der Waals surface area contributed by atoms with E-state index in [1.54, 1.807) is 20.8 Å². The molecule has 9 nitrogen and oxygen atoms in total. The zero-order valence-corrected chi connectivity index (χ0v) is 25.4. The molecule has 0 saturated heterocycles. The minimum Gasteiger partial charge on any atom is -0.466 e. The molecule has 2 fully saturated rings. The number of hydrogen-bond donors (Lipinski definition) is 1. The second-order valence-electron chi connectivity index (χ2n) is 9.71. The van der Waals surface area contributed by atoms with Crippen molar-refractivity contribution < 1.29 is 55.8 Å². The van der Waals surface area contributed by atoms with E-state index in [2.05, 4.69) is 58.6 Å². The van der Waals surface area contributed by atoms with E-state index in [1.165, 1.54) is 11.1 Å². The zero-order chi connectivity index (χ0) is 34.3. The highest BCUT2D eigenvalue weighted by molar-refractivity contribution is 5.80. The molecule has 0 aromatic heterocycles. The second kappa shape index (κ2) is 23.2. The lowest BCUT2D eigenvalue weighted by atomic mass is 10.0. The summed E-state index contributed by atoms with van der Waals surface area (Å²) in [5, 5.41) is 3.42. The molecular weight excluding hydrogens is 602 g/mol. The number of hydrogen-bond acceptors (Lipinski definition) is 9. The lowest BCUT2D eigenvalue weighted by Crippen LogP contribution is -2.22. The Morgan fingerprint density at radius 2 is 1.24 bits per heavy atom. The quantitative estimate of drug-likeness (QED) is 0.250. The first-order valence-corrected chi connectivity index (χ1v) is 14.2. The molecular formula is C32H39F4NO8. The molecule has 0 aliphatic heterocycles. The summed E-state index contributed by atoms with van der Waals surface area (Å²) in [5.41, 5.74) is 1.78. The van der Waals surface area contributed by atoms with E-state index in [4.69, 9.17) is 23.9 Å². The molecule has 0 heterocycles. The number of nitrogens with one attached hydrogen (secondary N) is 1. The minimum atomic E-state index is -2.40. The van der Waals surface area contributed by atoms with Crippen LogP contribution in [0.1, 0.15) is 51.2 Å². The predicted molar refractivity (Wildman–Crippen MR) is 151 cm³/mol. The molecule has 0 spiro atoms. The van der Waals surface area contributed by atoms with E-state index in [-0.39, 0.29) is 38.4 Å². The lowest BCUT2D eigenvalue weighted by Gasteiger charge is -2.12. The Labute approximate surface area is 259 Å². The van der Waals surface area contributed by atoms with E-state index in [0.717, 1.165) is 13.1 Å². The van der Waals surface area contributed by atoms with Crippen LogP contribution in [0.2, 0.25) is 0 Å². The zero-order valence-electron chi connectivity index (χ0n) is 25.4. The molecule has 2 aliphatic rings. The van der Waals surface area contributed by atoms with E-state index >= 15 is 0 Å². The van der Waals surface area contributed by atoms with Crippen molar-refractivity contribution in [2.75, 3.05) is 13.2 Å². The van der Waals surface area contributed by atoms with E-state index in [9.17, 15) is 27.2 Å². The predicted octanol–water partition coefficient (Wildman–Crippen LogP) is 5.49. The van der Waals surface area contributed by atoms with Crippen molar-refractivity contribution in [1.82, 2.24) is 5.32 Å². The van der Waals surface area contributed by atoms with Gasteiger partial charge in [-0.25, -0.2) is 17.6 Å². The molecule has 2 aromatic rings. The average molecular weight is 642 g/mol. The number of benzene rings is 2. The Morgan fingerprint density at radius 3 is 1.56 bits per heavy atom. The summed E-state index contributed by atoms with van der Waals surface area (Å²) >= 11 is 0. The Morgan fingerprint density at radius 1 is 0.800 bits per heavy atom. The van der Waals surface area contributed by atoms with Crippen LogP contribution in [-0.2, 0) is 51.3 Å². The summed E-state index contributed by atoms with van der Waals surface area (Å²) in [6, 6.07) is 20.9. The standard InChI is InChI=1S/C14H15N.C9H14F2O2.C7H10F2O2.2CO2/c1-3-7-13(8-4-1)11-15-12-14-9-5-2-6-10-14;1-3-9(8(12)13-4-2)5-6(9)7(10)11;1-2-11-7(10)5-3-4(5)6(8)9;2*2-1-3/h1-10,15H,11-12H2;6-7H,3-5H2,1-2H3;4-6H,2-3H2,1H3;;/t;;4-,5+;;/m..1../s1. The van der Waals surface area contributed by atoms with Gasteiger partial charge < -0.3 is 14.8 Å². The number of esters is 2. The lowest BCUT2D eigenvalue weighted by molar-refractivity contribution is -0.193. The van der Waals surface area contributed by atoms with Gasteiger partial charge in [-0.1, -0.05) is 67.6 Å². The van der Waals surface area contributed by atoms with E-state index in [0.29, 0.717) is 6.42 Å². The molecule has 2 aliphatic carbocycles. The Bertz CT molecular complexity index is 1120. The molecule has 13 heteroatoms. The Hall–Kier alpha value is -4.18. The number of carbonyl (C=O) groups excluding carboxylic acids is 6. The molecule has 1 N–H and O–H groups in total. The van der Waals surface area contributed by atoms with Gasteiger partial charge >= 0.3 is 24.2 Å². The summed E-state index contributed by atoms with van der Waals surface area (Å²) < 4.78 is 57.7. The number of halogens is 4. The molecule has 4 atom stereocenters. The van der Waals surface area contributed by atoms with Crippen LogP contribution in [0.4, 0.5) is 17.6 Å². The van der Waals surface area contributed by atoms with Gasteiger partial charge in [0.05, 0.1) is 24.5 Å². The number of rotatable bonds is 11. The van der Waals surface area contributed by atoms with E-state index in [1.807, 2.05) is 12.1 Å². The van der Waals surface area contributed by atoms with Gasteiger partial charge in [-0.2, -0.15) is 19.2 Å². The van der Waals surface area contributed by atoms with Crippen molar-refractivity contribution in [2.45, 2.75) is 66.0 Å². The molecule has 248 valence electrons. The molecule has 4 rings (SSSR count). The van der Waals surface area contributed by atoms with Crippen LogP contribution in [-0.4, -0.2) is 50.3 Å². The summed E-state index contributed by atoms with van der Waals surface area (Å²) in [7, 11) is 0. The second-order valence-corrected chi connectivity index (χ2v) is 9.71. The topological polar surface area (TPSA) is 133 Å². The maximum absolute atomic E-state index is 12.3. The monoisotopic (exact) mass is 641 g/mol. The average Bonchev–Trinajstić information content (AvgIpc) is 3.94. The molecule has 2 saturated carbocycles. The fourth-order valence-electron chi connectivity index (χ4n) is 4.28. The van der Waals surface area contributed by atoms with Gasteiger partial charge in [-0.3, -0.25) is 9.59 Å². The summed E-state index contributed by atoms with van der Waals surface area (Å²) in [6.07, 6.45) is -3.26. The van der Waals surface area contributed by atoms with Gasteiger partial charge in [0.2, 0.25) is 12.9 Å². The van der Waals surface area contributed by atoms with Crippen molar-refractivity contribution in [3.63, 3.8) is 0 Å². The largest absolute Gasteiger partial charge is 0.466 e. The summed E-state index contributed by atoms with van der Waals surface area (Å²) in [6.45, 7) is 7.48. The van der Waals surface area contributed by atoms with Gasteiger partial charge in [0.15, 0.2) is 0 Å². The number of ether oxygens (including phenoxy) is 2. The van der Waals surface area contributed by atoms with Crippen molar-refractivity contribution in [3.8, 4) is 0 Å². The Kier molecular flexibility index (Phi) is 21.1. The first kappa shape index (κ1) is 40.8. The van der Waals surface area contributed by atoms with Crippen LogP contribution in [0.3, 0.4) is 0 Å². The van der Waals surface area contributed by atoms with Gasteiger partial charge in [-0.15, -0.1) is 0 Å². The Balaban J connectivity index is 0.000000598. The smallest absolute Gasteiger partial charge is 0.373 e. The highest BCUT2D eigenvalue weighted by Crippen LogP contribution is 2.58. The number of carbonyl (C=O) groups is 2. The van der Waals surface area contributed by atoms with Crippen molar-refractivity contribution in [3.05, 3.63) is 71.8 Å². The maximum Gasteiger partial charge on any atom is 0.373 e. The molecule has 2 unspecified atom stereocenters. The van der Waals surface area contributed by atoms with Crippen LogP contribution in [0.5, 0.6) is 0 Å². The SMILES string of the molecule is CCOC(=O)C1(CC)CC1C(F)F.CCOC(=O)[C@H]1C[C@H]1C(F)F.O=C=O.O=C=O.c1ccc(CNCc2ccccc2)cc1. The highest BCUT2D eigenvalue weighted by atomic mass is 19.3. The molecule has 0 bridgehead atoms. The minimum absolute atomic E-state index is 0.250. The first-order valence-electron chi connectivity index (χ1n) is 14.2. The van der Waals surface area contributed by atoms with Crippen LogP contribution >= 0.6 is 0 Å². The molecule has 0 amide bonds. The molecule has 0 radical (unpaired) electrons.